The van der Waals surface area contributed by atoms with Gasteiger partial charge in [-0.25, -0.2) is 0 Å². The van der Waals surface area contributed by atoms with Crippen LogP contribution in [0.25, 0.3) is 0 Å². The van der Waals surface area contributed by atoms with E-state index in [1.165, 1.54) is 0 Å². The van der Waals surface area contributed by atoms with Gasteiger partial charge in [0, 0.05) is 0 Å². The summed E-state index contributed by atoms with van der Waals surface area (Å²) >= 11 is 5.50. The molecular weight excluding hydrogens is 136 g/mol. The maximum Gasteiger partial charge on any atom is 0.128 e. The van der Waals surface area contributed by atoms with Gasteiger partial charge in [-0.1, -0.05) is 30.7 Å². The highest BCUT2D eigenvalue weighted by atomic mass is 35.5. The number of hydrogen-bond donors (Lipinski definition) is 0. The molecule has 9 heavy (non-hydrogen) atoms. The first-order chi connectivity index (χ1) is 4.27. The molecule has 0 radical (unpaired) electrons. The maximum atomic E-state index is 5.50. The molecule has 0 aromatic heterocycles. The van der Waals surface area contributed by atoms with E-state index < -0.39 is 0 Å². The second-order valence-electron chi connectivity index (χ2n) is 1.76. The van der Waals surface area contributed by atoms with E-state index in [4.69, 9.17) is 16.3 Å². The first-order valence-corrected chi connectivity index (χ1v) is 3.61. The zero-order chi connectivity index (χ0) is 7.11. The number of hydrogen-bond acceptors (Lipinski definition) is 1. The maximum absolute atomic E-state index is 5.50. The Kier molecular flexibility index (Phi) is 6.11. The molecule has 0 spiro atoms. The molecule has 1 atom stereocenters. The summed E-state index contributed by atoms with van der Waals surface area (Å²) in [4.78, 5) is 0. The van der Waals surface area contributed by atoms with Crippen molar-refractivity contribution < 1.29 is 4.74 Å². The largest absolute Gasteiger partial charge is 0.359 e. The summed E-state index contributed by atoms with van der Waals surface area (Å²) in [5.41, 5.74) is -0.175. The van der Waals surface area contributed by atoms with Crippen molar-refractivity contribution >= 4 is 11.6 Å². The SMILES string of the molecule is CC/C=C\COC(C)Cl. The van der Waals surface area contributed by atoms with Crippen molar-refractivity contribution in [2.75, 3.05) is 6.61 Å². The van der Waals surface area contributed by atoms with Crippen LogP contribution < -0.4 is 0 Å². The second-order valence-corrected chi connectivity index (χ2v) is 2.37. The molecule has 0 heterocycles. The number of alkyl halides is 1. The summed E-state index contributed by atoms with van der Waals surface area (Å²) in [7, 11) is 0. The van der Waals surface area contributed by atoms with Crippen LogP contribution in [0.5, 0.6) is 0 Å². The topological polar surface area (TPSA) is 9.23 Å². The Labute approximate surface area is 61.7 Å². The van der Waals surface area contributed by atoms with Crippen molar-refractivity contribution in [3.05, 3.63) is 12.2 Å². The summed E-state index contributed by atoms with van der Waals surface area (Å²) in [5, 5.41) is 0. The number of allylic oxidation sites excluding steroid dienone is 1. The highest BCUT2D eigenvalue weighted by molar-refractivity contribution is 6.19. The fourth-order valence-corrected chi connectivity index (χ4v) is 0.496. The Morgan fingerprint density at radius 2 is 2.22 bits per heavy atom. The first kappa shape index (κ1) is 8.99. The molecule has 0 bridgehead atoms. The van der Waals surface area contributed by atoms with Gasteiger partial charge in [0.2, 0.25) is 0 Å². The molecule has 54 valence electrons. The van der Waals surface area contributed by atoms with Crippen LogP contribution in [0.15, 0.2) is 12.2 Å². The number of rotatable bonds is 4. The van der Waals surface area contributed by atoms with Crippen LogP contribution in [0, 0.1) is 0 Å². The third kappa shape index (κ3) is 7.99. The molecule has 1 nitrogen and oxygen atoms in total. The molecule has 0 rings (SSSR count). The summed E-state index contributed by atoms with van der Waals surface area (Å²) in [6, 6.07) is 0. The fourth-order valence-electron chi connectivity index (χ4n) is 0.423. The van der Waals surface area contributed by atoms with Crippen LogP contribution >= 0.6 is 11.6 Å². The third-order valence-corrected chi connectivity index (χ3v) is 0.950. The van der Waals surface area contributed by atoms with Gasteiger partial charge in [-0.05, 0) is 13.3 Å². The predicted molar refractivity (Wildman–Crippen MR) is 40.7 cm³/mol. The lowest BCUT2D eigenvalue weighted by Crippen LogP contribution is -1.97. The lowest BCUT2D eigenvalue weighted by molar-refractivity contribution is 0.146. The minimum Gasteiger partial charge on any atom is -0.359 e. The van der Waals surface area contributed by atoms with E-state index in [0.29, 0.717) is 6.61 Å². The van der Waals surface area contributed by atoms with Crippen LogP contribution in [0.3, 0.4) is 0 Å². The normalized spacial score (nSPS) is 14.6. The van der Waals surface area contributed by atoms with Gasteiger partial charge in [-0.15, -0.1) is 0 Å². The Morgan fingerprint density at radius 1 is 1.56 bits per heavy atom. The molecule has 0 saturated carbocycles. The van der Waals surface area contributed by atoms with E-state index in [1.54, 1.807) is 6.92 Å². The summed E-state index contributed by atoms with van der Waals surface area (Å²) in [6.45, 7) is 4.51. The molecule has 0 aromatic rings. The van der Waals surface area contributed by atoms with Crippen molar-refractivity contribution in [2.24, 2.45) is 0 Å². The van der Waals surface area contributed by atoms with E-state index in [2.05, 4.69) is 13.0 Å². The highest BCUT2D eigenvalue weighted by Gasteiger charge is 1.89. The minimum absolute atomic E-state index is 0.175. The van der Waals surface area contributed by atoms with E-state index in [0.717, 1.165) is 6.42 Å². The van der Waals surface area contributed by atoms with Crippen molar-refractivity contribution in [3.8, 4) is 0 Å². The smallest absolute Gasteiger partial charge is 0.128 e. The van der Waals surface area contributed by atoms with E-state index in [-0.39, 0.29) is 5.56 Å². The van der Waals surface area contributed by atoms with Crippen molar-refractivity contribution in [2.45, 2.75) is 25.8 Å². The summed E-state index contributed by atoms with van der Waals surface area (Å²) in [5.74, 6) is 0. The molecular formula is C7H13ClO. The Hall–Kier alpha value is -0.0100. The van der Waals surface area contributed by atoms with Gasteiger partial charge < -0.3 is 4.74 Å². The molecule has 0 aromatic carbocycles. The molecule has 0 fully saturated rings. The summed E-state index contributed by atoms with van der Waals surface area (Å²) < 4.78 is 5.02. The monoisotopic (exact) mass is 148 g/mol. The zero-order valence-corrected chi connectivity index (χ0v) is 6.69. The van der Waals surface area contributed by atoms with Gasteiger partial charge in [-0.2, -0.15) is 0 Å². The van der Waals surface area contributed by atoms with Gasteiger partial charge in [-0.3, -0.25) is 0 Å². The van der Waals surface area contributed by atoms with Crippen LogP contribution in [0.2, 0.25) is 0 Å². The van der Waals surface area contributed by atoms with Crippen LogP contribution in [0.1, 0.15) is 20.3 Å². The van der Waals surface area contributed by atoms with Gasteiger partial charge >= 0.3 is 0 Å². The number of ether oxygens (including phenoxy) is 1. The first-order valence-electron chi connectivity index (χ1n) is 3.18. The Bertz CT molecular complexity index is 79.0. The molecule has 2 heteroatoms. The molecule has 0 aliphatic carbocycles. The van der Waals surface area contributed by atoms with Crippen molar-refractivity contribution in [1.29, 1.82) is 0 Å². The minimum atomic E-state index is -0.175. The van der Waals surface area contributed by atoms with Gasteiger partial charge in [0.05, 0.1) is 6.61 Å². The Morgan fingerprint density at radius 3 is 2.67 bits per heavy atom. The van der Waals surface area contributed by atoms with E-state index in [9.17, 15) is 0 Å². The second kappa shape index (κ2) is 6.12. The lowest BCUT2D eigenvalue weighted by Gasteiger charge is -1.99. The van der Waals surface area contributed by atoms with Crippen molar-refractivity contribution in [1.82, 2.24) is 0 Å². The molecule has 0 amide bonds. The molecule has 1 unspecified atom stereocenters. The van der Waals surface area contributed by atoms with Gasteiger partial charge in [0.25, 0.3) is 0 Å². The molecule has 0 N–H and O–H groups in total. The van der Waals surface area contributed by atoms with E-state index in [1.807, 2.05) is 6.08 Å². The lowest BCUT2D eigenvalue weighted by atomic mass is 10.4. The van der Waals surface area contributed by atoms with Crippen LogP contribution in [-0.4, -0.2) is 12.2 Å². The van der Waals surface area contributed by atoms with Crippen molar-refractivity contribution in [3.63, 3.8) is 0 Å². The highest BCUT2D eigenvalue weighted by Crippen LogP contribution is 1.94. The fraction of sp³-hybridized carbons (Fsp3) is 0.714. The average molecular weight is 149 g/mol. The van der Waals surface area contributed by atoms with E-state index >= 15 is 0 Å². The predicted octanol–water partition coefficient (Wildman–Crippen LogP) is 2.55. The third-order valence-electron chi connectivity index (χ3n) is 0.824. The van der Waals surface area contributed by atoms with Crippen LogP contribution in [-0.2, 0) is 4.74 Å². The van der Waals surface area contributed by atoms with Gasteiger partial charge in [0.15, 0.2) is 0 Å². The average Bonchev–Trinajstić information content (AvgIpc) is 1.80. The summed E-state index contributed by atoms with van der Waals surface area (Å²) in [6.07, 6.45) is 5.08. The molecule has 0 saturated heterocycles. The number of halogens is 1. The standard InChI is InChI=1S/C7H13ClO/c1-3-4-5-6-9-7(2)8/h4-5,7H,3,6H2,1-2H3/b5-4-. The van der Waals surface area contributed by atoms with Crippen LogP contribution in [0.4, 0.5) is 0 Å². The Balaban J connectivity index is 2.99. The van der Waals surface area contributed by atoms with Gasteiger partial charge in [0.1, 0.15) is 5.56 Å². The molecule has 0 aliphatic heterocycles. The zero-order valence-electron chi connectivity index (χ0n) is 5.93. The molecule has 0 aliphatic rings. The quantitative estimate of drug-likeness (QED) is 0.440.